The fourth-order valence-electron chi connectivity index (χ4n) is 3.97. The zero-order chi connectivity index (χ0) is 54.1. The Hall–Kier alpha value is -4.63. The van der Waals surface area contributed by atoms with E-state index in [0.29, 0.717) is 9.50 Å². The Balaban J connectivity index is 0.000000406. The summed E-state index contributed by atoms with van der Waals surface area (Å²) < 4.78 is 87.0. The fourth-order valence-corrected chi connectivity index (χ4v) is 6.63. The minimum absolute atomic E-state index is 0.174. The van der Waals surface area contributed by atoms with Crippen molar-refractivity contribution < 1.29 is 30.7 Å². The first-order chi connectivity index (χ1) is 35.0. The molecule has 8 aromatic carbocycles. The molecule has 0 saturated heterocycles. The maximum absolute atomic E-state index is 12.3. The lowest BCUT2D eigenvalue weighted by atomic mass is 10.3. The average Bonchev–Trinajstić information content (AvgIpc) is 4.08. The van der Waals surface area contributed by atoms with Crippen LogP contribution in [0.3, 0.4) is 0 Å². The lowest BCUT2D eigenvalue weighted by Gasteiger charge is -1.87. The summed E-state index contributed by atoms with van der Waals surface area (Å²) >= 11 is 42.0. The van der Waals surface area contributed by atoms with E-state index in [9.17, 15) is 30.7 Å². The summed E-state index contributed by atoms with van der Waals surface area (Å²) in [5.74, 6) is -3.02. The molecule has 10 rings (SSSR count). The lowest BCUT2D eigenvalue weighted by molar-refractivity contribution is 0.508. The molecule has 0 fully saturated rings. The van der Waals surface area contributed by atoms with Crippen LogP contribution in [0.1, 0.15) is 0 Å². The number of rotatable bonds is 0. The van der Waals surface area contributed by atoms with Crippen LogP contribution < -0.4 is 0 Å². The van der Waals surface area contributed by atoms with Gasteiger partial charge in [0.1, 0.15) is 29.1 Å². The van der Waals surface area contributed by atoms with Crippen LogP contribution in [-0.2, 0) is 0 Å². The molecule has 0 unspecified atom stereocenters. The molecule has 2 aromatic heterocycles. The Kier molecular flexibility index (Phi) is 38.8. The maximum atomic E-state index is 12.3. The van der Waals surface area contributed by atoms with Crippen LogP contribution in [0.4, 0.5) is 30.7 Å². The molecule has 382 valence electrons. The third kappa shape index (κ3) is 37.7. The third-order valence-corrected chi connectivity index (χ3v) is 11.6. The summed E-state index contributed by atoms with van der Waals surface area (Å²) in [5, 5.41) is 8.19. The molecule has 0 saturated carbocycles. The van der Waals surface area contributed by atoms with Gasteiger partial charge in [0.15, 0.2) is 11.6 Å². The van der Waals surface area contributed by atoms with Gasteiger partial charge in [-0.15, -0.1) is 11.3 Å². The highest BCUT2D eigenvalue weighted by Gasteiger charge is 1.95. The summed E-state index contributed by atoms with van der Waals surface area (Å²) in [6, 6.07) is 62.6. The molecule has 0 aliphatic heterocycles. The largest absolute Gasteiger partial charge is 0.207 e. The van der Waals surface area contributed by atoms with Gasteiger partial charge in [0, 0.05) is 19.9 Å². The van der Waals surface area contributed by atoms with Crippen LogP contribution in [0, 0.1) is 40.7 Å². The van der Waals surface area contributed by atoms with Crippen molar-refractivity contribution in [1.29, 1.82) is 0 Å². The van der Waals surface area contributed by atoms with E-state index in [0.717, 1.165) is 31.0 Å². The summed E-state index contributed by atoms with van der Waals surface area (Å²) in [4.78, 5) is 0. The molecule has 73 heavy (non-hydrogen) atoms. The van der Waals surface area contributed by atoms with Crippen molar-refractivity contribution in [1.82, 2.24) is 0 Å². The molecule has 17 heteroatoms. The van der Waals surface area contributed by atoms with Gasteiger partial charge in [-0.3, -0.25) is 0 Å². The molecule has 2 heterocycles. The van der Waals surface area contributed by atoms with E-state index in [2.05, 4.69) is 31.9 Å². The van der Waals surface area contributed by atoms with E-state index in [-0.39, 0.29) is 39.1 Å². The molecule has 0 radical (unpaired) electrons. The predicted molar refractivity (Wildman–Crippen MR) is 305 cm³/mol. The first kappa shape index (κ1) is 66.4. The second-order valence-electron chi connectivity index (χ2n) is 12.8. The third-order valence-electron chi connectivity index (χ3n) is 7.26. The van der Waals surface area contributed by atoms with Crippen molar-refractivity contribution in [2.45, 2.75) is 0 Å². The van der Waals surface area contributed by atoms with Crippen LogP contribution in [0.5, 0.6) is 0 Å². The van der Waals surface area contributed by atoms with E-state index in [4.69, 9.17) is 69.6 Å². The summed E-state index contributed by atoms with van der Waals surface area (Å²) in [5.41, 5.74) is 0. The average molecular weight is 1280 g/mol. The number of halogens is 15. The Morgan fingerprint density at radius 1 is 0.315 bits per heavy atom. The zero-order valence-corrected chi connectivity index (χ0v) is 47.0. The van der Waals surface area contributed by atoms with Crippen molar-refractivity contribution >= 4 is 124 Å². The monoisotopic (exact) mass is 1280 g/mol. The standard InChI is InChI=1S/C6H4BrF.C6H5Br.3C6H4ClF.C6H5Cl.C6H4F2.C6H5F.2C4H3ClS/c7-5-3-1-2-4-6(5)8;7-6-4-2-1-3-5-6;7-5-2-1-3-6(8)4-5;2*7-5-3-1-2-4-6(5)8;7-6-4-2-1-3-5-6;7-5-3-1-2-4-6(5)8;7-6-4-2-1-3-5-6;5-4-1-2-6-3-4;5-4-2-1-3-6-4/h1-4H;1-5H;3*1-4H;1-5H;1-4H;1-5H;2*1-3H. The van der Waals surface area contributed by atoms with Crippen molar-refractivity contribution in [2.75, 3.05) is 0 Å². The quantitative estimate of drug-likeness (QED) is 0.133. The number of benzene rings is 8. The maximum Gasteiger partial charge on any atom is 0.158 e. The fraction of sp³-hybridized carbons (Fsp3) is 0. The molecular weight excluding hydrogens is 1240 g/mol. The van der Waals surface area contributed by atoms with E-state index >= 15 is 0 Å². The first-order valence-electron chi connectivity index (χ1n) is 20.5. The van der Waals surface area contributed by atoms with Gasteiger partial charge in [0.2, 0.25) is 0 Å². The summed E-state index contributed by atoms with van der Waals surface area (Å²) in [6.07, 6.45) is 0. The molecule has 0 amide bonds. The van der Waals surface area contributed by atoms with Crippen LogP contribution in [-0.4, -0.2) is 0 Å². The summed E-state index contributed by atoms with van der Waals surface area (Å²) in [7, 11) is 0. The van der Waals surface area contributed by atoms with Gasteiger partial charge in [0.25, 0.3) is 0 Å². The Morgan fingerprint density at radius 2 is 0.726 bits per heavy atom. The van der Waals surface area contributed by atoms with Crippen molar-refractivity contribution in [3.8, 4) is 0 Å². The Morgan fingerprint density at radius 3 is 0.932 bits per heavy atom. The van der Waals surface area contributed by atoms with Gasteiger partial charge in [-0.05, 0) is 148 Å². The van der Waals surface area contributed by atoms with E-state index in [1.165, 1.54) is 66.7 Å². The van der Waals surface area contributed by atoms with Gasteiger partial charge in [0.05, 0.1) is 23.9 Å². The molecule has 0 atom stereocenters. The number of thiophene rings is 2. The van der Waals surface area contributed by atoms with Gasteiger partial charge < -0.3 is 0 Å². The van der Waals surface area contributed by atoms with E-state index in [1.54, 1.807) is 95.5 Å². The molecule has 0 spiro atoms. The van der Waals surface area contributed by atoms with E-state index < -0.39 is 11.6 Å². The number of hydrogen-bond donors (Lipinski definition) is 0. The molecule has 0 aliphatic carbocycles. The van der Waals surface area contributed by atoms with Gasteiger partial charge in [-0.1, -0.05) is 195 Å². The minimum atomic E-state index is -0.799. The van der Waals surface area contributed by atoms with Crippen molar-refractivity contribution in [3.63, 3.8) is 0 Å². The molecule has 0 N–H and O–H groups in total. The Labute approximate surface area is 476 Å². The second-order valence-corrected chi connectivity index (χ2v) is 19.1. The van der Waals surface area contributed by atoms with Crippen molar-refractivity contribution in [2.24, 2.45) is 0 Å². The second kappa shape index (κ2) is 42.7. The topological polar surface area (TPSA) is 0 Å². The van der Waals surface area contributed by atoms with Crippen LogP contribution >= 0.6 is 124 Å². The number of hydrogen-bond acceptors (Lipinski definition) is 2. The normalized spacial score (nSPS) is 9.03. The van der Waals surface area contributed by atoms with E-state index in [1.807, 2.05) is 95.0 Å². The predicted octanol–water partition coefficient (Wildman–Crippen LogP) is 23.4. The highest BCUT2D eigenvalue weighted by atomic mass is 79.9. The first-order valence-corrected chi connectivity index (χ1v) is 26.2. The molecule has 0 bridgehead atoms. The van der Waals surface area contributed by atoms with Crippen LogP contribution in [0.25, 0.3) is 0 Å². The van der Waals surface area contributed by atoms with Gasteiger partial charge in [-0.2, -0.15) is 11.3 Å². The van der Waals surface area contributed by atoms with Crippen molar-refractivity contribution in [3.05, 3.63) is 326 Å². The van der Waals surface area contributed by atoms with Crippen LogP contribution in [0.15, 0.2) is 256 Å². The molecule has 0 nitrogen and oxygen atoms in total. The van der Waals surface area contributed by atoms with Crippen LogP contribution in [0.2, 0.25) is 29.4 Å². The van der Waals surface area contributed by atoms with Gasteiger partial charge >= 0.3 is 0 Å². The molecule has 10 aromatic rings. The SMILES string of the molecule is Brc1ccccc1.Clc1ccccc1.Clc1cccs1.Clc1ccsc1.Fc1cccc(Cl)c1.Fc1ccccc1.Fc1ccccc1Br.Fc1ccccc1Cl.Fc1ccccc1Cl.Fc1ccccc1F. The highest BCUT2D eigenvalue weighted by molar-refractivity contribution is 9.10. The minimum Gasteiger partial charge on any atom is -0.207 e. The lowest BCUT2D eigenvalue weighted by Crippen LogP contribution is -1.77. The summed E-state index contributed by atoms with van der Waals surface area (Å²) in [6.45, 7) is 0. The highest BCUT2D eigenvalue weighted by Crippen LogP contribution is 2.15. The molecule has 0 aliphatic rings. The Bertz CT molecular complexity index is 2480. The zero-order valence-electron chi connectivity index (χ0n) is 37.7. The smallest absolute Gasteiger partial charge is 0.158 e. The molecular formula is C56H41Br2Cl6F7S2. The van der Waals surface area contributed by atoms with Gasteiger partial charge in [-0.25, -0.2) is 30.7 Å².